The van der Waals surface area contributed by atoms with E-state index in [0.717, 1.165) is 5.69 Å². The third-order valence-corrected chi connectivity index (χ3v) is 5.76. The number of imidazole rings is 1. The molecule has 172 valence electrons. The van der Waals surface area contributed by atoms with Crippen LogP contribution in [0.5, 0.6) is 5.75 Å². The van der Waals surface area contributed by atoms with Crippen LogP contribution in [0.3, 0.4) is 0 Å². The van der Waals surface area contributed by atoms with Gasteiger partial charge in [-0.1, -0.05) is 32.9 Å². The predicted molar refractivity (Wildman–Crippen MR) is 128 cm³/mol. The number of H-pyrrole nitrogens is 1. The lowest BCUT2D eigenvalue weighted by molar-refractivity contribution is -0.123. The van der Waals surface area contributed by atoms with Crippen molar-refractivity contribution in [2.45, 2.75) is 26.8 Å². The highest BCUT2D eigenvalue weighted by Gasteiger charge is 2.47. The van der Waals surface area contributed by atoms with Crippen LogP contribution in [0.4, 0.5) is 11.6 Å². The summed E-state index contributed by atoms with van der Waals surface area (Å²) in [5, 5.41) is 10.9. The fourth-order valence-corrected chi connectivity index (χ4v) is 3.95. The summed E-state index contributed by atoms with van der Waals surface area (Å²) in [5.74, 6) is -0.626. The van der Waals surface area contributed by atoms with Crippen LogP contribution in [0, 0.1) is 5.41 Å². The van der Waals surface area contributed by atoms with Gasteiger partial charge in [0, 0.05) is 31.3 Å². The molecule has 1 aliphatic heterocycles. The van der Waals surface area contributed by atoms with Crippen molar-refractivity contribution in [1.29, 1.82) is 0 Å². The van der Waals surface area contributed by atoms with Crippen molar-refractivity contribution in [3.05, 3.63) is 59.4 Å². The molecule has 1 amide bonds. The van der Waals surface area contributed by atoms with Crippen molar-refractivity contribution in [1.82, 2.24) is 9.97 Å². The van der Waals surface area contributed by atoms with E-state index in [-0.39, 0.29) is 17.3 Å². The summed E-state index contributed by atoms with van der Waals surface area (Å²) in [6.45, 7) is 5.30. The number of aliphatic hydroxyl groups excluding tert-OH is 1. The number of rotatable bonds is 5. The number of aromatic amines is 1. The van der Waals surface area contributed by atoms with Crippen molar-refractivity contribution in [3.8, 4) is 5.75 Å². The minimum Gasteiger partial charge on any atom is -0.503 e. The quantitative estimate of drug-likeness (QED) is 0.608. The van der Waals surface area contributed by atoms with E-state index in [1.165, 1.54) is 4.90 Å². The van der Waals surface area contributed by atoms with E-state index in [1.807, 2.05) is 43.3 Å². The monoisotopic (exact) mass is 448 g/mol. The van der Waals surface area contributed by atoms with Gasteiger partial charge in [0.1, 0.15) is 5.75 Å². The fraction of sp³-hybridized carbons (Fsp3) is 0.320. The Morgan fingerprint density at radius 2 is 1.82 bits per heavy atom. The zero-order chi connectivity index (χ0) is 24.1. The number of anilines is 2. The first-order valence-electron chi connectivity index (χ1n) is 10.7. The topological polar surface area (TPSA) is 98.8 Å². The number of benzene rings is 2. The summed E-state index contributed by atoms with van der Waals surface area (Å²) in [6.07, 6.45) is 0. The molecule has 1 atom stereocenters. The van der Waals surface area contributed by atoms with Crippen molar-refractivity contribution in [2.75, 3.05) is 31.0 Å². The largest absolute Gasteiger partial charge is 0.503 e. The summed E-state index contributed by atoms with van der Waals surface area (Å²) in [4.78, 5) is 37.7. The average Bonchev–Trinajstić information content (AvgIpc) is 3.30. The third-order valence-electron chi connectivity index (χ3n) is 5.76. The van der Waals surface area contributed by atoms with Gasteiger partial charge < -0.3 is 19.7 Å². The number of carbonyl (C=O) groups excluding carboxylic acids is 2. The van der Waals surface area contributed by atoms with Gasteiger partial charge in [0.15, 0.2) is 11.5 Å². The Labute approximate surface area is 192 Å². The first-order chi connectivity index (χ1) is 15.5. The van der Waals surface area contributed by atoms with E-state index >= 15 is 0 Å². The van der Waals surface area contributed by atoms with Gasteiger partial charge in [0.05, 0.1) is 29.8 Å². The second-order valence-electron chi connectivity index (χ2n) is 9.35. The molecule has 8 nitrogen and oxygen atoms in total. The molecule has 0 saturated heterocycles. The van der Waals surface area contributed by atoms with Crippen LogP contribution in [0.25, 0.3) is 11.0 Å². The van der Waals surface area contributed by atoms with Gasteiger partial charge in [-0.25, -0.2) is 4.98 Å². The van der Waals surface area contributed by atoms with E-state index in [9.17, 15) is 14.7 Å². The lowest BCUT2D eigenvalue weighted by Crippen LogP contribution is -2.33. The van der Waals surface area contributed by atoms with Gasteiger partial charge in [0.25, 0.3) is 5.91 Å². The van der Waals surface area contributed by atoms with Crippen LogP contribution in [0.1, 0.15) is 32.4 Å². The van der Waals surface area contributed by atoms with Crippen LogP contribution in [0.15, 0.2) is 53.8 Å². The fourth-order valence-electron chi connectivity index (χ4n) is 3.95. The van der Waals surface area contributed by atoms with E-state index in [2.05, 4.69) is 9.97 Å². The number of ketones is 1. The number of methoxy groups -OCH3 is 1. The maximum atomic E-state index is 13.4. The number of fused-ring (bicyclic) bond motifs is 1. The molecule has 33 heavy (non-hydrogen) atoms. The molecule has 0 bridgehead atoms. The molecular weight excluding hydrogens is 420 g/mol. The second kappa shape index (κ2) is 7.95. The number of hydrogen-bond donors (Lipinski definition) is 2. The van der Waals surface area contributed by atoms with Crippen molar-refractivity contribution < 1.29 is 19.4 Å². The molecular formula is C25H28N4O4. The first-order valence-corrected chi connectivity index (χ1v) is 10.7. The summed E-state index contributed by atoms with van der Waals surface area (Å²) >= 11 is 0. The number of nitrogens with zero attached hydrogens (tertiary/aromatic N) is 3. The Hall–Kier alpha value is -3.81. The van der Waals surface area contributed by atoms with Gasteiger partial charge in [-0.2, -0.15) is 0 Å². The number of ether oxygens (including phenoxy) is 1. The van der Waals surface area contributed by atoms with Crippen molar-refractivity contribution >= 4 is 34.4 Å². The Bertz CT molecular complexity index is 1270. The number of amides is 1. The lowest BCUT2D eigenvalue weighted by Gasteiger charge is -2.27. The van der Waals surface area contributed by atoms with Crippen molar-refractivity contribution in [2.24, 2.45) is 5.41 Å². The molecule has 0 spiro atoms. The molecule has 1 unspecified atom stereocenters. The number of carbonyl (C=O) groups is 2. The standard InChI is InChI=1S/C25H28N4O4/c1-25(2,3)22(31)19-20(14-7-9-15(10-8-14)28(4)5)29(23(32)21(19)30)24-26-17-12-11-16(33-6)13-18(17)27-24/h7-13,20,30H,1-6H3,(H,26,27). The molecule has 0 fully saturated rings. The molecule has 3 aromatic rings. The van der Waals surface area contributed by atoms with E-state index in [0.29, 0.717) is 22.3 Å². The lowest BCUT2D eigenvalue weighted by atomic mass is 9.82. The van der Waals surface area contributed by atoms with Crippen LogP contribution in [0.2, 0.25) is 0 Å². The SMILES string of the molecule is COc1ccc2nc(N3C(=O)C(O)=C(C(=O)C(C)(C)C)C3c3ccc(N(C)C)cc3)[nH]c2c1. The Morgan fingerprint density at radius 1 is 1.15 bits per heavy atom. The van der Waals surface area contributed by atoms with E-state index < -0.39 is 23.1 Å². The van der Waals surface area contributed by atoms with Gasteiger partial charge >= 0.3 is 0 Å². The zero-order valence-electron chi connectivity index (χ0n) is 19.6. The number of aliphatic hydroxyl groups is 1. The molecule has 1 aliphatic rings. The van der Waals surface area contributed by atoms with Gasteiger partial charge in [-0.15, -0.1) is 0 Å². The zero-order valence-corrected chi connectivity index (χ0v) is 19.6. The second-order valence-corrected chi connectivity index (χ2v) is 9.35. The minimum atomic E-state index is -0.817. The maximum Gasteiger partial charge on any atom is 0.296 e. The van der Waals surface area contributed by atoms with E-state index in [4.69, 9.17) is 4.74 Å². The number of aromatic nitrogens is 2. The van der Waals surface area contributed by atoms with Gasteiger partial charge in [0.2, 0.25) is 5.95 Å². The highest BCUT2D eigenvalue weighted by molar-refractivity contribution is 6.17. The van der Waals surface area contributed by atoms with Gasteiger partial charge in [-0.3, -0.25) is 14.5 Å². The maximum absolute atomic E-state index is 13.4. The summed E-state index contributed by atoms with van der Waals surface area (Å²) < 4.78 is 5.28. The number of hydrogen-bond acceptors (Lipinski definition) is 6. The molecule has 2 N–H and O–H groups in total. The Kier molecular flexibility index (Phi) is 5.40. The molecule has 2 aromatic carbocycles. The molecule has 1 aromatic heterocycles. The normalized spacial score (nSPS) is 16.6. The smallest absolute Gasteiger partial charge is 0.296 e. The number of nitrogens with one attached hydrogen (secondary N) is 1. The molecule has 8 heteroatoms. The summed E-state index contributed by atoms with van der Waals surface area (Å²) in [7, 11) is 5.44. The van der Waals surface area contributed by atoms with Crippen LogP contribution >= 0.6 is 0 Å². The summed E-state index contributed by atoms with van der Waals surface area (Å²) in [5.41, 5.74) is 2.27. The Balaban J connectivity index is 1.88. The van der Waals surface area contributed by atoms with E-state index in [1.54, 1.807) is 46.1 Å². The highest BCUT2D eigenvalue weighted by atomic mass is 16.5. The average molecular weight is 449 g/mol. The minimum absolute atomic E-state index is 0.0724. The summed E-state index contributed by atoms with van der Waals surface area (Å²) in [6, 6.07) is 12.1. The third kappa shape index (κ3) is 3.82. The molecule has 4 rings (SSSR count). The molecule has 0 saturated carbocycles. The molecule has 0 aliphatic carbocycles. The van der Waals surface area contributed by atoms with Crippen LogP contribution < -0.4 is 14.5 Å². The first kappa shape index (κ1) is 22.4. The van der Waals surface area contributed by atoms with Crippen LogP contribution in [-0.4, -0.2) is 48.0 Å². The van der Waals surface area contributed by atoms with Crippen molar-refractivity contribution in [3.63, 3.8) is 0 Å². The highest BCUT2D eigenvalue weighted by Crippen LogP contribution is 2.43. The Morgan fingerprint density at radius 3 is 2.39 bits per heavy atom. The molecule has 2 heterocycles. The van der Waals surface area contributed by atoms with Gasteiger partial charge in [-0.05, 0) is 29.8 Å². The molecule has 0 radical (unpaired) electrons. The number of Topliss-reactive ketones (excluding diaryl/α,β-unsaturated/α-hetero) is 1. The van der Waals surface area contributed by atoms with Crippen LogP contribution in [-0.2, 0) is 9.59 Å². The predicted octanol–water partition coefficient (Wildman–Crippen LogP) is 4.15.